The molecule has 1 heteroatoms. The Bertz CT molecular complexity index is 693. The first-order chi connectivity index (χ1) is 11.3. The van der Waals surface area contributed by atoms with E-state index < -0.39 is 7.92 Å². The van der Waals surface area contributed by atoms with E-state index in [-0.39, 0.29) is 0 Å². The van der Waals surface area contributed by atoms with Gasteiger partial charge in [0.2, 0.25) is 0 Å². The third-order valence-electron chi connectivity index (χ3n) is 3.89. The van der Waals surface area contributed by atoms with E-state index in [1.165, 1.54) is 21.5 Å². The number of benzene rings is 3. The highest BCUT2D eigenvalue weighted by Gasteiger charge is 2.19. The molecule has 116 valence electrons. The highest BCUT2D eigenvalue weighted by atomic mass is 31.1. The molecule has 0 spiro atoms. The zero-order valence-corrected chi connectivity index (χ0v) is 14.7. The molecule has 0 unspecified atom stereocenters. The molecule has 0 bridgehead atoms. The summed E-state index contributed by atoms with van der Waals surface area (Å²) in [7, 11) is -0.497. The van der Waals surface area contributed by atoms with Gasteiger partial charge in [-0.1, -0.05) is 98.8 Å². The van der Waals surface area contributed by atoms with Crippen molar-refractivity contribution < 1.29 is 0 Å². The molecule has 3 aromatic rings. The number of hydrogen-bond acceptors (Lipinski definition) is 0. The smallest absolute Gasteiger partial charge is 0.0119 e. The molecule has 0 saturated carbocycles. The van der Waals surface area contributed by atoms with Gasteiger partial charge in [-0.3, -0.25) is 0 Å². The standard InChI is InChI=1S/C22H23P/c1-18(2)17-19-11-9-10-16-22(19)23(20-12-5-3-6-13-20)21-14-7-4-8-15-21/h3-16,18H,17H2,1-2H3. The van der Waals surface area contributed by atoms with E-state index >= 15 is 0 Å². The number of hydrogen-bond donors (Lipinski definition) is 0. The number of rotatable bonds is 5. The largest absolute Gasteiger partial charge is 0.0625 e. The van der Waals surface area contributed by atoms with Gasteiger partial charge in [0.1, 0.15) is 0 Å². The van der Waals surface area contributed by atoms with E-state index in [4.69, 9.17) is 0 Å². The third-order valence-corrected chi connectivity index (χ3v) is 6.44. The molecule has 3 aromatic carbocycles. The van der Waals surface area contributed by atoms with Gasteiger partial charge in [-0.2, -0.15) is 0 Å². The summed E-state index contributed by atoms with van der Waals surface area (Å²) in [6.45, 7) is 4.59. The van der Waals surface area contributed by atoms with Crippen LogP contribution in [0.3, 0.4) is 0 Å². The summed E-state index contributed by atoms with van der Waals surface area (Å²) in [5, 5.41) is 4.34. The zero-order valence-electron chi connectivity index (χ0n) is 13.8. The molecule has 0 heterocycles. The van der Waals surface area contributed by atoms with E-state index in [9.17, 15) is 0 Å². The fourth-order valence-electron chi connectivity index (χ4n) is 2.92. The van der Waals surface area contributed by atoms with Crippen molar-refractivity contribution in [2.45, 2.75) is 20.3 Å². The Morgan fingerprint density at radius 2 is 1.13 bits per heavy atom. The molecule has 23 heavy (non-hydrogen) atoms. The van der Waals surface area contributed by atoms with Crippen molar-refractivity contribution in [3.05, 3.63) is 90.5 Å². The first-order valence-corrected chi connectivity index (χ1v) is 9.58. The lowest BCUT2D eigenvalue weighted by Crippen LogP contribution is -2.23. The molecular weight excluding hydrogens is 295 g/mol. The Balaban J connectivity index is 2.14. The molecule has 0 atom stereocenters. The van der Waals surface area contributed by atoms with Crippen LogP contribution in [0.25, 0.3) is 0 Å². The molecule has 0 N–H and O–H groups in total. The van der Waals surface area contributed by atoms with Crippen molar-refractivity contribution in [1.82, 2.24) is 0 Å². The minimum Gasteiger partial charge on any atom is -0.0625 e. The SMILES string of the molecule is CC(C)Cc1ccccc1P(c1ccccc1)c1ccccc1. The summed E-state index contributed by atoms with van der Waals surface area (Å²) in [4.78, 5) is 0. The second-order valence-electron chi connectivity index (χ2n) is 6.23. The first kappa shape index (κ1) is 16.0. The van der Waals surface area contributed by atoms with Gasteiger partial charge in [-0.05, 0) is 41.7 Å². The molecule has 0 amide bonds. The van der Waals surface area contributed by atoms with E-state index in [1.807, 2.05) is 0 Å². The average Bonchev–Trinajstić information content (AvgIpc) is 2.58. The van der Waals surface area contributed by atoms with Gasteiger partial charge >= 0.3 is 0 Å². The Labute approximate surface area is 141 Å². The molecule has 0 aliphatic rings. The van der Waals surface area contributed by atoms with Gasteiger partial charge in [0.05, 0.1) is 0 Å². The van der Waals surface area contributed by atoms with Crippen LogP contribution in [0.4, 0.5) is 0 Å². The second-order valence-corrected chi connectivity index (χ2v) is 8.42. The lowest BCUT2D eigenvalue weighted by atomic mass is 10.0. The van der Waals surface area contributed by atoms with Crippen molar-refractivity contribution in [2.24, 2.45) is 5.92 Å². The van der Waals surface area contributed by atoms with Crippen molar-refractivity contribution in [3.63, 3.8) is 0 Å². The Morgan fingerprint density at radius 3 is 1.65 bits per heavy atom. The summed E-state index contributed by atoms with van der Waals surface area (Å²) in [6.07, 6.45) is 1.13. The van der Waals surface area contributed by atoms with Crippen LogP contribution in [0, 0.1) is 5.92 Å². The highest BCUT2D eigenvalue weighted by Crippen LogP contribution is 2.34. The van der Waals surface area contributed by atoms with Gasteiger partial charge in [0.15, 0.2) is 0 Å². The summed E-state index contributed by atoms with van der Waals surface area (Å²) in [5.41, 5.74) is 1.49. The fourth-order valence-corrected chi connectivity index (χ4v) is 5.41. The van der Waals surface area contributed by atoms with Gasteiger partial charge in [0.25, 0.3) is 0 Å². The molecular formula is C22H23P. The minimum atomic E-state index is -0.497. The predicted molar refractivity (Wildman–Crippen MR) is 104 cm³/mol. The minimum absolute atomic E-state index is 0.497. The van der Waals surface area contributed by atoms with Crippen molar-refractivity contribution in [2.75, 3.05) is 0 Å². The van der Waals surface area contributed by atoms with Gasteiger partial charge in [-0.15, -0.1) is 0 Å². The first-order valence-electron chi connectivity index (χ1n) is 8.24. The van der Waals surface area contributed by atoms with Gasteiger partial charge < -0.3 is 0 Å². The topological polar surface area (TPSA) is 0 Å². The Kier molecular flexibility index (Phi) is 5.26. The summed E-state index contributed by atoms with van der Waals surface area (Å²) in [6, 6.07) is 30.9. The quantitative estimate of drug-likeness (QED) is 0.601. The summed E-state index contributed by atoms with van der Waals surface area (Å²) >= 11 is 0. The molecule has 0 aromatic heterocycles. The monoisotopic (exact) mass is 318 g/mol. The van der Waals surface area contributed by atoms with Crippen LogP contribution < -0.4 is 15.9 Å². The Hall–Kier alpha value is -1.91. The van der Waals surface area contributed by atoms with E-state index in [0.29, 0.717) is 5.92 Å². The van der Waals surface area contributed by atoms with Gasteiger partial charge in [0, 0.05) is 0 Å². The molecule has 0 radical (unpaired) electrons. The van der Waals surface area contributed by atoms with Crippen LogP contribution in [0.15, 0.2) is 84.9 Å². The van der Waals surface area contributed by atoms with Crippen molar-refractivity contribution in [3.8, 4) is 0 Å². The zero-order chi connectivity index (χ0) is 16.1. The van der Waals surface area contributed by atoms with Crippen molar-refractivity contribution in [1.29, 1.82) is 0 Å². The lowest BCUT2D eigenvalue weighted by Gasteiger charge is -2.23. The summed E-state index contributed by atoms with van der Waals surface area (Å²) in [5.74, 6) is 0.666. The average molecular weight is 318 g/mol. The molecule has 0 aliphatic heterocycles. The maximum absolute atomic E-state index is 2.32. The van der Waals surface area contributed by atoms with Crippen LogP contribution in [0.2, 0.25) is 0 Å². The van der Waals surface area contributed by atoms with Crippen LogP contribution in [-0.2, 0) is 6.42 Å². The normalized spacial score (nSPS) is 11.1. The highest BCUT2D eigenvalue weighted by molar-refractivity contribution is 7.79. The fraction of sp³-hybridized carbons (Fsp3) is 0.182. The van der Waals surface area contributed by atoms with Crippen LogP contribution in [-0.4, -0.2) is 0 Å². The van der Waals surface area contributed by atoms with E-state index in [1.54, 1.807) is 0 Å². The molecule has 0 aliphatic carbocycles. The van der Waals surface area contributed by atoms with Crippen LogP contribution >= 0.6 is 7.92 Å². The third kappa shape index (κ3) is 3.89. The Morgan fingerprint density at radius 1 is 0.652 bits per heavy atom. The summed E-state index contributed by atoms with van der Waals surface area (Å²) < 4.78 is 0. The second kappa shape index (κ2) is 7.57. The molecule has 0 fully saturated rings. The lowest BCUT2D eigenvalue weighted by molar-refractivity contribution is 0.649. The predicted octanol–water partition coefficient (Wildman–Crippen LogP) is 4.64. The van der Waals surface area contributed by atoms with Crippen LogP contribution in [0.1, 0.15) is 19.4 Å². The molecule has 3 rings (SSSR count). The molecule has 0 nitrogen and oxygen atoms in total. The van der Waals surface area contributed by atoms with Crippen molar-refractivity contribution >= 4 is 23.8 Å². The van der Waals surface area contributed by atoms with Crippen LogP contribution in [0.5, 0.6) is 0 Å². The maximum atomic E-state index is 2.32. The van der Waals surface area contributed by atoms with E-state index in [0.717, 1.165) is 6.42 Å². The van der Waals surface area contributed by atoms with E-state index in [2.05, 4.69) is 98.8 Å². The molecule has 0 saturated heterocycles. The maximum Gasteiger partial charge on any atom is -0.0119 e. The van der Waals surface area contributed by atoms with Gasteiger partial charge in [-0.25, -0.2) is 0 Å².